The molecule has 172 valence electrons. The maximum Gasteiger partial charge on any atom is 0.329 e. The van der Waals surface area contributed by atoms with Gasteiger partial charge in [-0.1, -0.05) is 30.0 Å². The van der Waals surface area contributed by atoms with Gasteiger partial charge in [-0.3, -0.25) is 24.5 Å². The molecule has 1 unspecified atom stereocenters. The van der Waals surface area contributed by atoms with Crippen molar-refractivity contribution in [3.8, 4) is 11.8 Å². The first-order chi connectivity index (χ1) is 16.4. The lowest BCUT2D eigenvalue weighted by molar-refractivity contribution is -0.145. The number of carbonyl (C=O) groups excluding carboxylic acids is 4. The number of fused-ring (bicyclic) bond motifs is 2. The van der Waals surface area contributed by atoms with Crippen molar-refractivity contribution in [3.05, 3.63) is 70.9 Å². The molecule has 0 aliphatic carbocycles. The van der Waals surface area contributed by atoms with Crippen molar-refractivity contribution in [2.75, 3.05) is 7.11 Å². The van der Waals surface area contributed by atoms with Crippen molar-refractivity contribution >= 4 is 34.6 Å². The van der Waals surface area contributed by atoms with Crippen LogP contribution in [0.2, 0.25) is 0 Å². The highest BCUT2D eigenvalue weighted by Gasteiger charge is 2.43. The summed E-state index contributed by atoms with van der Waals surface area (Å²) in [6, 6.07) is 10.8. The summed E-state index contributed by atoms with van der Waals surface area (Å²) in [6.45, 7) is 0. The van der Waals surface area contributed by atoms with Crippen LogP contribution in [0.15, 0.2) is 48.7 Å². The Morgan fingerprint density at radius 3 is 2.50 bits per heavy atom. The zero-order valence-corrected chi connectivity index (χ0v) is 18.3. The third kappa shape index (κ3) is 4.27. The number of methoxy groups -OCH3 is 1. The van der Waals surface area contributed by atoms with E-state index in [0.29, 0.717) is 6.42 Å². The topological polar surface area (TPSA) is 129 Å². The summed E-state index contributed by atoms with van der Waals surface area (Å²) >= 11 is 0. The second-order valence-electron chi connectivity index (χ2n) is 7.68. The monoisotopic (exact) mass is 459 g/mol. The molecule has 3 aromatic rings. The highest BCUT2D eigenvalue weighted by atomic mass is 16.5. The van der Waals surface area contributed by atoms with Crippen LogP contribution >= 0.6 is 0 Å². The Bertz CT molecular complexity index is 1330. The first-order valence-electron chi connectivity index (χ1n) is 10.5. The normalized spacial score (nSPS) is 13.3. The Morgan fingerprint density at radius 1 is 1.15 bits per heavy atom. The van der Waals surface area contributed by atoms with Crippen molar-refractivity contribution in [1.29, 1.82) is 0 Å². The summed E-state index contributed by atoms with van der Waals surface area (Å²) in [4.78, 5) is 53.6. The van der Waals surface area contributed by atoms with Gasteiger partial charge in [0.25, 0.3) is 11.8 Å². The molecule has 0 spiro atoms. The van der Waals surface area contributed by atoms with E-state index in [1.807, 2.05) is 12.1 Å². The second-order valence-corrected chi connectivity index (χ2v) is 7.68. The van der Waals surface area contributed by atoms with E-state index < -0.39 is 29.7 Å². The quantitative estimate of drug-likeness (QED) is 0.170. The lowest BCUT2D eigenvalue weighted by atomic mass is 10.0. The van der Waals surface area contributed by atoms with Gasteiger partial charge in [-0.15, -0.1) is 0 Å². The maximum absolute atomic E-state index is 12.9. The highest BCUT2D eigenvalue weighted by Crippen LogP contribution is 2.28. The molecule has 1 aromatic heterocycles. The van der Waals surface area contributed by atoms with Crippen LogP contribution in [0.3, 0.4) is 0 Å². The van der Waals surface area contributed by atoms with Crippen LogP contribution in [-0.4, -0.2) is 51.9 Å². The van der Waals surface area contributed by atoms with Crippen LogP contribution in [0.25, 0.3) is 10.9 Å². The number of hydroxylamine groups is 1. The Morgan fingerprint density at radius 2 is 1.85 bits per heavy atom. The number of ether oxygens (including phenoxy) is 1. The van der Waals surface area contributed by atoms with E-state index in [1.165, 1.54) is 7.11 Å². The Labute approximate surface area is 194 Å². The number of hydrogen-bond donors (Lipinski definition) is 3. The molecule has 9 nitrogen and oxygen atoms in total. The van der Waals surface area contributed by atoms with Crippen molar-refractivity contribution in [2.24, 2.45) is 0 Å². The molecular formula is C25H21N3O6. The Hall–Kier alpha value is -4.42. The molecule has 9 heteroatoms. The van der Waals surface area contributed by atoms with Crippen LogP contribution in [-0.2, 0) is 20.7 Å². The number of H-pyrrole nitrogens is 1. The summed E-state index contributed by atoms with van der Waals surface area (Å²) in [5.74, 6) is 3.59. The summed E-state index contributed by atoms with van der Waals surface area (Å²) in [5.41, 5.74) is 4.31. The molecule has 0 bridgehead atoms. The standard InChI is InChI=1S/C25H21N3O6/c1-34-25(32)21(28-23(30)18-7-3-4-8-19(18)24(28)31)13-16-14-26-20-12-15(10-11-17(16)20)6-2-5-9-22(29)27-33/h3-4,7-8,10-12,14,21,26,33H,5,9,13H2,1H3,(H,27,29). The minimum atomic E-state index is -1.12. The van der Waals surface area contributed by atoms with Crippen LogP contribution in [0, 0.1) is 11.8 Å². The molecular weight excluding hydrogens is 438 g/mol. The molecule has 34 heavy (non-hydrogen) atoms. The van der Waals surface area contributed by atoms with Gasteiger partial charge in [0.15, 0.2) is 0 Å². The number of amides is 3. The SMILES string of the molecule is COC(=O)C(Cc1c[nH]c2cc(C#CCCC(=O)NO)ccc12)N1C(=O)c2ccccc2C1=O. The minimum Gasteiger partial charge on any atom is -0.467 e. The fraction of sp³-hybridized carbons (Fsp3) is 0.200. The van der Waals surface area contributed by atoms with Gasteiger partial charge in [0.1, 0.15) is 6.04 Å². The van der Waals surface area contributed by atoms with Gasteiger partial charge in [0.05, 0.1) is 18.2 Å². The summed E-state index contributed by atoms with van der Waals surface area (Å²) in [7, 11) is 1.22. The fourth-order valence-electron chi connectivity index (χ4n) is 3.94. The number of carbonyl (C=O) groups is 4. The van der Waals surface area contributed by atoms with Crippen molar-refractivity contribution in [1.82, 2.24) is 15.4 Å². The van der Waals surface area contributed by atoms with Crippen LogP contribution in [0.4, 0.5) is 0 Å². The molecule has 3 N–H and O–H groups in total. The number of benzene rings is 2. The molecule has 2 aromatic carbocycles. The predicted molar refractivity (Wildman–Crippen MR) is 121 cm³/mol. The number of imide groups is 1. The van der Waals surface area contributed by atoms with Crippen LogP contribution in [0.1, 0.15) is 44.7 Å². The minimum absolute atomic E-state index is 0.0828. The van der Waals surface area contributed by atoms with E-state index in [9.17, 15) is 19.2 Å². The van der Waals surface area contributed by atoms with E-state index in [-0.39, 0.29) is 24.0 Å². The van der Waals surface area contributed by atoms with Crippen LogP contribution < -0.4 is 5.48 Å². The highest BCUT2D eigenvalue weighted by molar-refractivity contribution is 6.22. The van der Waals surface area contributed by atoms with Gasteiger partial charge in [-0.25, -0.2) is 10.3 Å². The second kappa shape index (κ2) is 9.60. The number of aromatic nitrogens is 1. The predicted octanol–water partition coefficient (Wildman–Crippen LogP) is 2.19. The molecule has 0 saturated carbocycles. The van der Waals surface area contributed by atoms with Gasteiger partial charge in [0.2, 0.25) is 5.91 Å². The smallest absolute Gasteiger partial charge is 0.329 e. The Kier molecular flexibility index (Phi) is 6.43. The number of nitrogens with one attached hydrogen (secondary N) is 2. The number of hydrogen-bond acceptors (Lipinski definition) is 6. The summed E-state index contributed by atoms with van der Waals surface area (Å²) in [6.07, 6.45) is 2.19. The molecule has 0 saturated heterocycles. The molecule has 2 heterocycles. The van der Waals surface area contributed by atoms with E-state index >= 15 is 0 Å². The van der Waals surface area contributed by atoms with Crippen molar-refractivity contribution < 1.29 is 29.1 Å². The largest absolute Gasteiger partial charge is 0.467 e. The average Bonchev–Trinajstić information content (AvgIpc) is 3.37. The number of nitrogens with zero attached hydrogens (tertiary/aromatic N) is 1. The molecule has 3 amide bonds. The lowest BCUT2D eigenvalue weighted by Crippen LogP contribution is -2.46. The van der Waals surface area contributed by atoms with Gasteiger partial charge in [-0.2, -0.15) is 0 Å². The number of esters is 1. The summed E-state index contributed by atoms with van der Waals surface area (Å²) < 4.78 is 4.92. The molecule has 0 fully saturated rings. The van der Waals surface area contributed by atoms with E-state index in [4.69, 9.17) is 9.94 Å². The zero-order valence-electron chi connectivity index (χ0n) is 18.3. The van der Waals surface area contributed by atoms with Crippen molar-refractivity contribution in [2.45, 2.75) is 25.3 Å². The molecule has 1 aliphatic heterocycles. The van der Waals surface area contributed by atoms with Gasteiger partial charge in [0, 0.05) is 41.9 Å². The zero-order chi connectivity index (χ0) is 24.2. The fourth-order valence-corrected chi connectivity index (χ4v) is 3.94. The third-order valence-corrected chi connectivity index (χ3v) is 5.63. The maximum atomic E-state index is 12.9. The third-order valence-electron chi connectivity index (χ3n) is 5.63. The Balaban J connectivity index is 1.58. The van der Waals surface area contributed by atoms with E-state index in [1.54, 1.807) is 42.0 Å². The first-order valence-corrected chi connectivity index (χ1v) is 10.5. The number of aromatic amines is 1. The number of rotatable bonds is 6. The average molecular weight is 459 g/mol. The molecule has 1 aliphatic rings. The molecule has 0 radical (unpaired) electrons. The lowest BCUT2D eigenvalue weighted by Gasteiger charge is -2.23. The summed E-state index contributed by atoms with van der Waals surface area (Å²) in [5, 5.41) is 9.32. The molecule has 1 atom stereocenters. The van der Waals surface area contributed by atoms with Crippen LogP contribution in [0.5, 0.6) is 0 Å². The van der Waals surface area contributed by atoms with E-state index in [2.05, 4.69) is 16.8 Å². The van der Waals surface area contributed by atoms with E-state index in [0.717, 1.165) is 26.9 Å². The van der Waals surface area contributed by atoms with Crippen molar-refractivity contribution in [3.63, 3.8) is 0 Å². The molecule has 4 rings (SSSR count). The van der Waals surface area contributed by atoms with Gasteiger partial charge < -0.3 is 9.72 Å². The first kappa shape index (κ1) is 22.8. The van der Waals surface area contributed by atoms with Gasteiger partial charge >= 0.3 is 5.97 Å². The van der Waals surface area contributed by atoms with Gasteiger partial charge in [-0.05, 0) is 29.8 Å².